The highest BCUT2D eigenvalue weighted by atomic mass is 15.1. The summed E-state index contributed by atoms with van der Waals surface area (Å²) < 4.78 is 0. The zero-order chi connectivity index (χ0) is 8.81. The summed E-state index contributed by atoms with van der Waals surface area (Å²) in [6.45, 7) is 8.85. The fraction of sp³-hybridized carbons (Fsp3) is 0.818. The Bertz CT molecular complexity index is 140. The molecular formula is C11H21N. The van der Waals surface area contributed by atoms with Crippen molar-refractivity contribution >= 4 is 0 Å². The topological polar surface area (TPSA) is 3.24 Å². The fourth-order valence-corrected chi connectivity index (χ4v) is 1.77. The van der Waals surface area contributed by atoms with Gasteiger partial charge in [-0.2, -0.15) is 0 Å². The molecule has 1 heteroatoms. The van der Waals surface area contributed by atoms with Crippen LogP contribution in [0.5, 0.6) is 0 Å². The minimum Gasteiger partial charge on any atom is -0.375 e. The lowest BCUT2D eigenvalue weighted by Gasteiger charge is -2.30. The van der Waals surface area contributed by atoms with E-state index in [1.807, 2.05) is 0 Å². The Morgan fingerprint density at radius 2 is 2.17 bits per heavy atom. The average Bonchev–Trinajstić information content (AvgIpc) is 2.09. The maximum atomic E-state index is 4.10. The van der Waals surface area contributed by atoms with Crippen molar-refractivity contribution in [2.24, 2.45) is 0 Å². The maximum Gasteiger partial charge on any atom is 0.0174 e. The SMILES string of the molecule is C=C1CCCCN1CCCCC. The van der Waals surface area contributed by atoms with Gasteiger partial charge in [-0.1, -0.05) is 26.3 Å². The second kappa shape index (κ2) is 5.23. The molecule has 1 fully saturated rings. The minimum absolute atomic E-state index is 1.23. The lowest BCUT2D eigenvalue weighted by molar-refractivity contribution is 0.285. The highest BCUT2D eigenvalue weighted by molar-refractivity contribution is 4.96. The van der Waals surface area contributed by atoms with E-state index in [0.29, 0.717) is 0 Å². The molecule has 1 saturated heterocycles. The van der Waals surface area contributed by atoms with Crippen LogP contribution in [0.3, 0.4) is 0 Å². The molecule has 0 aromatic rings. The van der Waals surface area contributed by atoms with E-state index in [-0.39, 0.29) is 0 Å². The molecule has 1 rings (SSSR count). The van der Waals surface area contributed by atoms with E-state index in [1.165, 1.54) is 57.3 Å². The summed E-state index contributed by atoms with van der Waals surface area (Å²) in [5.41, 5.74) is 1.37. The van der Waals surface area contributed by atoms with Crippen LogP contribution in [0, 0.1) is 0 Å². The molecule has 1 aliphatic heterocycles. The van der Waals surface area contributed by atoms with Gasteiger partial charge in [0.1, 0.15) is 0 Å². The van der Waals surface area contributed by atoms with Gasteiger partial charge in [0.15, 0.2) is 0 Å². The average molecular weight is 167 g/mol. The summed E-state index contributed by atoms with van der Waals surface area (Å²) in [4.78, 5) is 2.47. The van der Waals surface area contributed by atoms with Crippen LogP contribution in [-0.4, -0.2) is 18.0 Å². The highest BCUT2D eigenvalue weighted by Gasteiger charge is 2.11. The predicted octanol–water partition coefficient (Wildman–Crippen LogP) is 3.18. The van der Waals surface area contributed by atoms with E-state index in [2.05, 4.69) is 18.4 Å². The van der Waals surface area contributed by atoms with Crippen molar-refractivity contribution in [1.82, 2.24) is 4.90 Å². The van der Waals surface area contributed by atoms with E-state index in [4.69, 9.17) is 0 Å². The van der Waals surface area contributed by atoms with E-state index in [0.717, 1.165) is 0 Å². The molecule has 0 aromatic heterocycles. The van der Waals surface area contributed by atoms with Crippen LogP contribution < -0.4 is 0 Å². The van der Waals surface area contributed by atoms with Crippen molar-refractivity contribution in [3.8, 4) is 0 Å². The molecule has 0 spiro atoms. The van der Waals surface area contributed by atoms with Gasteiger partial charge in [-0.05, 0) is 25.7 Å². The molecule has 12 heavy (non-hydrogen) atoms. The molecule has 0 saturated carbocycles. The van der Waals surface area contributed by atoms with Crippen molar-refractivity contribution < 1.29 is 0 Å². The third kappa shape index (κ3) is 2.88. The van der Waals surface area contributed by atoms with Gasteiger partial charge in [-0.25, -0.2) is 0 Å². The van der Waals surface area contributed by atoms with Crippen LogP contribution in [0.15, 0.2) is 12.3 Å². The van der Waals surface area contributed by atoms with Gasteiger partial charge in [-0.3, -0.25) is 0 Å². The summed E-state index contributed by atoms with van der Waals surface area (Å²) in [7, 11) is 0. The van der Waals surface area contributed by atoms with Crippen molar-refractivity contribution in [3.63, 3.8) is 0 Å². The Morgan fingerprint density at radius 3 is 2.83 bits per heavy atom. The second-order valence-corrected chi connectivity index (χ2v) is 3.72. The van der Waals surface area contributed by atoms with E-state index in [1.54, 1.807) is 0 Å². The zero-order valence-electron chi connectivity index (χ0n) is 8.31. The summed E-state index contributed by atoms with van der Waals surface area (Å²) in [5, 5.41) is 0. The van der Waals surface area contributed by atoms with Crippen LogP contribution in [0.2, 0.25) is 0 Å². The zero-order valence-corrected chi connectivity index (χ0v) is 8.31. The molecule has 1 heterocycles. The van der Waals surface area contributed by atoms with Gasteiger partial charge >= 0.3 is 0 Å². The van der Waals surface area contributed by atoms with Gasteiger partial charge in [0.05, 0.1) is 0 Å². The summed E-state index contributed by atoms with van der Waals surface area (Å²) in [6.07, 6.45) is 7.97. The highest BCUT2D eigenvalue weighted by Crippen LogP contribution is 2.18. The minimum atomic E-state index is 1.23. The first-order valence-electron chi connectivity index (χ1n) is 5.27. The number of rotatable bonds is 4. The number of unbranched alkanes of at least 4 members (excludes halogenated alkanes) is 2. The van der Waals surface area contributed by atoms with Crippen LogP contribution in [0.25, 0.3) is 0 Å². The molecule has 0 bridgehead atoms. The molecule has 0 amide bonds. The molecule has 0 radical (unpaired) electrons. The van der Waals surface area contributed by atoms with Crippen molar-refractivity contribution in [2.45, 2.75) is 45.4 Å². The normalized spacial score (nSPS) is 18.4. The van der Waals surface area contributed by atoms with E-state index >= 15 is 0 Å². The van der Waals surface area contributed by atoms with Crippen molar-refractivity contribution in [1.29, 1.82) is 0 Å². The summed E-state index contributed by atoms with van der Waals surface area (Å²) in [6, 6.07) is 0. The third-order valence-corrected chi connectivity index (χ3v) is 2.62. The Labute approximate surface area is 76.5 Å². The number of hydrogen-bond acceptors (Lipinski definition) is 1. The van der Waals surface area contributed by atoms with E-state index in [9.17, 15) is 0 Å². The van der Waals surface area contributed by atoms with Gasteiger partial charge in [-0.15, -0.1) is 0 Å². The first-order chi connectivity index (χ1) is 5.84. The van der Waals surface area contributed by atoms with Gasteiger partial charge in [0, 0.05) is 18.8 Å². The molecule has 1 nitrogen and oxygen atoms in total. The molecule has 0 N–H and O–H groups in total. The molecule has 0 atom stereocenters. The molecule has 0 unspecified atom stereocenters. The predicted molar refractivity (Wildman–Crippen MR) is 54.1 cm³/mol. The van der Waals surface area contributed by atoms with Crippen LogP contribution in [0.4, 0.5) is 0 Å². The molecular weight excluding hydrogens is 146 g/mol. The standard InChI is InChI=1S/C11H21N/c1-3-4-6-9-12-10-7-5-8-11(12)2/h2-10H2,1H3. The van der Waals surface area contributed by atoms with Gasteiger partial charge < -0.3 is 4.90 Å². The lowest BCUT2D eigenvalue weighted by atomic mass is 10.1. The lowest BCUT2D eigenvalue weighted by Crippen LogP contribution is -2.28. The number of nitrogens with zero attached hydrogens (tertiary/aromatic N) is 1. The van der Waals surface area contributed by atoms with Crippen molar-refractivity contribution in [2.75, 3.05) is 13.1 Å². The maximum absolute atomic E-state index is 4.10. The van der Waals surface area contributed by atoms with E-state index < -0.39 is 0 Å². The second-order valence-electron chi connectivity index (χ2n) is 3.72. The third-order valence-electron chi connectivity index (χ3n) is 2.62. The summed E-state index contributed by atoms with van der Waals surface area (Å²) >= 11 is 0. The quantitative estimate of drug-likeness (QED) is 0.581. The molecule has 70 valence electrons. The number of hydrogen-bond donors (Lipinski definition) is 0. The molecule has 0 aliphatic carbocycles. The first-order valence-corrected chi connectivity index (χ1v) is 5.27. The Hall–Kier alpha value is -0.460. The number of likely N-dealkylation sites (tertiary alicyclic amines) is 1. The Kier molecular flexibility index (Phi) is 4.20. The molecule has 0 aromatic carbocycles. The van der Waals surface area contributed by atoms with Gasteiger partial charge in [0.2, 0.25) is 0 Å². The first kappa shape index (κ1) is 9.63. The Balaban J connectivity index is 2.16. The van der Waals surface area contributed by atoms with Gasteiger partial charge in [0.25, 0.3) is 0 Å². The summed E-state index contributed by atoms with van der Waals surface area (Å²) in [5.74, 6) is 0. The Morgan fingerprint density at radius 1 is 1.33 bits per heavy atom. The largest absolute Gasteiger partial charge is 0.375 e. The molecule has 1 aliphatic rings. The number of allylic oxidation sites excluding steroid dienone is 1. The number of piperidine rings is 1. The van der Waals surface area contributed by atoms with Crippen molar-refractivity contribution in [3.05, 3.63) is 12.3 Å². The smallest absolute Gasteiger partial charge is 0.0174 e. The van der Waals surface area contributed by atoms with Crippen LogP contribution in [-0.2, 0) is 0 Å². The van der Waals surface area contributed by atoms with Crippen LogP contribution >= 0.6 is 0 Å². The fourth-order valence-electron chi connectivity index (χ4n) is 1.77. The monoisotopic (exact) mass is 167 g/mol. The van der Waals surface area contributed by atoms with Crippen LogP contribution in [0.1, 0.15) is 45.4 Å².